The maximum atomic E-state index is 12.1. The molecule has 22 heavy (non-hydrogen) atoms. The Morgan fingerprint density at radius 2 is 2.05 bits per heavy atom. The van der Waals surface area contributed by atoms with E-state index in [9.17, 15) is 13.2 Å². The van der Waals surface area contributed by atoms with Gasteiger partial charge in [0.15, 0.2) is 9.84 Å². The molecule has 6 heteroatoms. The molecule has 1 saturated heterocycles. The molecule has 1 heterocycles. The Morgan fingerprint density at radius 1 is 1.23 bits per heavy atom. The molecule has 0 unspecified atom stereocenters. The van der Waals surface area contributed by atoms with Crippen LogP contribution < -0.4 is 10.6 Å². The summed E-state index contributed by atoms with van der Waals surface area (Å²) in [6.45, 7) is 0.430. The highest BCUT2D eigenvalue weighted by Crippen LogP contribution is 2.29. The van der Waals surface area contributed by atoms with Gasteiger partial charge < -0.3 is 10.6 Å². The Morgan fingerprint density at radius 3 is 2.82 bits per heavy atom. The minimum Gasteiger partial charge on any atom is -0.338 e. The van der Waals surface area contributed by atoms with Crippen molar-refractivity contribution >= 4 is 15.9 Å². The number of sulfone groups is 1. The van der Waals surface area contributed by atoms with Gasteiger partial charge in [-0.2, -0.15) is 0 Å². The smallest absolute Gasteiger partial charge is 0.315 e. The molecular formula is C16H22N2O3S. The number of urea groups is 1. The maximum Gasteiger partial charge on any atom is 0.315 e. The molecule has 0 bridgehead atoms. The van der Waals surface area contributed by atoms with Crippen molar-refractivity contribution in [2.75, 3.05) is 18.1 Å². The molecule has 0 spiro atoms. The molecular weight excluding hydrogens is 300 g/mol. The van der Waals surface area contributed by atoms with Crippen LogP contribution in [0.4, 0.5) is 4.79 Å². The maximum absolute atomic E-state index is 12.1. The lowest BCUT2D eigenvalue weighted by molar-refractivity contribution is 0.234. The first-order valence-electron chi connectivity index (χ1n) is 7.86. The van der Waals surface area contributed by atoms with Gasteiger partial charge in [-0.3, -0.25) is 0 Å². The van der Waals surface area contributed by atoms with Gasteiger partial charge in [0.2, 0.25) is 0 Å². The van der Waals surface area contributed by atoms with Gasteiger partial charge in [0.25, 0.3) is 0 Å². The number of hydrogen-bond acceptors (Lipinski definition) is 3. The van der Waals surface area contributed by atoms with Crippen LogP contribution in [-0.4, -0.2) is 32.5 Å². The molecule has 1 aromatic rings. The fourth-order valence-corrected chi connectivity index (χ4v) is 5.25. The van der Waals surface area contributed by atoms with E-state index in [1.54, 1.807) is 0 Å². The predicted octanol–water partition coefficient (Wildman–Crippen LogP) is 1.80. The molecule has 0 saturated carbocycles. The normalized spacial score (nSPS) is 26.2. The quantitative estimate of drug-likeness (QED) is 0.891. The van der Waals surface area contributed by atoms with E-state index in [1.165, 1.54) is 11.1 Å². The lowest BCUT2D eigenvalue weighted by atomic mass is 9.88. The number of fused-ring (bicyclic) bond motifs is 1. The van der Waals surface area contributed by atoms with Gasteiger partial charge in [-0.1, -0.05) is 24.3 Å². The number of hydrogen-bond donors (Lipinski definition) is 2. The van der Waals surface area contributed by atoms with Crippen molar-refractivity contribution in [3.05, 3.63) is 35.4 Å². The van der Waals surface area contributed by atoms with Crippen molar-refractivity contribution in [1.82, 2.24) is 10.6 Å². The highest BCUT2D eigenvalue weighted by atomic mass is 32.2. The van der Waals surface area contributed by atoms with Crippen molar-refractivity contribution in [1.29, 1.82) is 0 Å². The van der Waals surface area contributed by atoms with Crippen LogP contribution in [0, 0.1) is 5.92 Å². The zero-order valence-corrected chi connectivity index (χ0v) is 13.4. The molecule has 2 N–H and O–H groups in total. The minimum atomic E-state index is -2.88. The van der Waals surface area contributed by atoms with Gasteiger partial charge in [-0.25, -0.2) is 13.2 Å². The second kappa shape index (κ2) is 6.28. The van der Waals surface area contributed by atoms with Gasteiger partial charge in [-0.15, -0.1) is 0 Å². The third kappa shape index (κ3) is 3.61. The van der Waals surface area contributed by atoms with Gasteiger partial charge in [-0.05, 0) is 42.7 Å². The van der Waals surface area contributed by atoms with Crippen LogP contribution in [0.3, 0.4) is 0 Å². The van der Waals surface area contributed by atoms with Gasteiger partial charge in [0.1, 0.15) is 0 Å². The number of carbonyl (C=O) groups excluding carboxylic acids is 1. The first kappa shape index (κ1) is 15.3. The number of nitrogens with one attached hydrogen (secondary N) is 2. The lowest BCUT2D eigenvalue weighted by Crippen LogP contribution is -2.41. The van der Waals surface area contributed by atoms with Crippen LogP contribution in [0.25, 0.3) is 0 Å². The number of amides is 2. The van der Waals surface area contributed by atoms with E-state index in [2.05, 4.69) is 22.8 Å². The summed E-state index contributed by atoms with van der Waals surface area (Å²) in [5, 5.41) is 5.85. The molecule has 0 radical (unpaired) electrons. The lowest BCUT2D eigenvalue weighted by Gasteiger charge is -2.26. The Bertz CT molecular complexity index is 657. The highest BCUT2D eigenvalue weighted by Gasteiger charge is 2.28. The zero-order chi connectivity index (χ0) is 15.6. The summed E-state index contributed by atoms with van der Waals surface area (Å²) in [5.41, 5.74) is 2.51. The van der Waals surface area contributed by atoms with E-state index >= 15 is 0 Å². The van der Waals surface area contributed by atoms with E-state index in [-0.39, 0.29) is 29.5 Å². The van der Waals surface area contributed by atoms with Crippen LogP contribution in [0.5, 0.6) is 0 Å². The second-order valence-corrected chi connectivity index (χ2v) is 8.50. The molecule has 120 valence electrons. The van der Waals surface area contributed by atoms with E-state index in [0.29, 0.717) is 13.0 Å². The highest BCUT2D eigenvalue weighted by molar-refractivity contribution is 7.91. The third-order valence-corrected chi connectivity index (χ3v) is 6.39. The first-order valence-corrected chi connectivity index (χ1v) is 9.68. The minimum absolute atomic E-state index is 0.0504. The van der Waals surface area contributed by atoms with E-state index < -0.39 is 9.84 Å². The molecule has 1 aromatic carbocycles. The topological polar surface area (TPSA) is 75.3 Å². The molecule has 2 aliphatic rings. The fourth-order valence-electron chi connectivity index (χ4n) is 3.38. The average Bonchev–Trinajstić information content (AvgIpc) is 2.85. The van der Waals surface area contributed by atoms with Gasteiger partial charge in [0.05, 0.1) is 17.5 Å². The number of aryl methyl sites for hydroxylation is 1. The van der Waals surface area contributed by atoms with Crippen molar-refractivity contribution < 1.29 is 13.2 Å². The predicted molar refractivity (Wildman–Crippen MR) is 85.4 cm³/mol. The molecule has 2 atom stereocenters. The molecule has 2 amide bonds. The van der Waals surface area contributed by atoms with Crippen LogP contribution in [-0.2, 0) is 16.3 Å². The summed E-state index contributed by atoms with van der Waals surface area (Å²) in [4.78, 5) is 12.1. The molecule has 1 fully saturated rings. The van der Waals surface area contributed by atoms with Crippen molar-refractivity contribution in [2.24, 2.45) is 5.92 Å². The van der Waals surface area contributed by atoms with Crippen LogP contribution in [0.2, 0.25) is 0 Å². The summed E-state index contributed by atoms with van der Waals surface area (Å²) in [5.74, 6) is 0.491. The Hall–Kier alpha value is -1.56. The van der Waals surface area contributed by atoms with E-state index in [0.717, 1.165) is 19.3 Å². The number of rotatable bonds is 3. The monoisotopic (exact) mass is 322 g/mol. The third-order valence-electron chi connectivity index (χ3n) is 4.55. The zero-order valence-electron chi connectivity index (χ0n) is 12.5. The standard InChI is InChI=1S/C16H22N2O3S/c19-16(17-10-12-8-9-22(20,21)11-12)18-15-7-3-5-13-4-1-2-6-14(13)15/h1-2,4,6,12,15H,3,5,7-11H2,(H2,17,18,19)/t12-,15+/m1/s1. The SMILES string of the molecule is O=C(NC[C@H]1CCS(=O)(=O)C1)N[C@H]1CCCc2ccccc21. The van der Waals surface area contributed by atoms with Crippen LogP contribution in [0.15, 0.2) is 24.3 Å². The van der Waals surface area contributed by atoms with E-state index in [1.807, 2.05) is 12.1 Å². The Kier molecular flexibility index (Phi) is 4.38. The molecule has 1 aliphatic carbocycles. The summed E-state index contributed by atoms with van der Waals surface area (Å²) in [6, 6.07) is 8.07. The molecule has 3 rings (SSSR count). The first-order chi connectivity index (χ1) is 10.5. The van der Waals surface area contributed by atoms with Gasteiger partial charge in [0, 0.05) is 6.54 Å². The summed E-state index contributed by atoms with van der Waals surface area (Å²) < 4.78 is 22.8. The number of carbonyl (C=O) groups is 1. The van der Waals surface area contributed by atoms with Crippen molar-refractivity contribution in [2.45, 2.75) is 31.7 Å². The van der Waals surface area contributed by atoms with Crippen molar-refractivity contribution in [3.8, 4) is 0 Å². The summed E-state index contributed by atoms with van der Waals surface area (Å²) in [6.07, 6.45) is 3.73. The largest absolute Gasteiger partial charge is 0.338 e. The average molecular weight is 322 g/mol. The molecule has 1 aliphatic heterocycles. The van der Waals surface area contributed by atoms with E-state index in [4.69, 9.17) is 0 Å². The van der Waals surface area contributed by atoms with Crippen LogP contribution in [0.1, 0.15) is 36.4 Å². The fraction of sp³-hybridized carbons (Fsp3) is 0.562. The second-order valence-electron chi connectivity index (χ2n) is 6.27. The van der Waals surface area contributed by atoms with Crippen molar-refractivity contribution in [3.63, 3.8) is 0 Å². The Balaban J connectivity index is 1.53. The summed E-state index contributed by atoms with van der Waals surface area (Å²) >= 11 is 0. The molecule has 5 nitrogen and oxygen atoms in total. The summed E-state index contributed by atoms with van der Waals surface area (Å²) in [7, 11) is -2.88. The molecule has 0 aromatic heterocycles. The van der Waals surface area contributed by atoms with Crippen LogP contribution >= 0.6 is 0 Å². The van der Waals surface area contributed by atoms with Gasteiger partial charge >= 0.3 is 6.03 Å². The Labute approximate surface area is 131 Å². The number of benzene rings is 1.